The number of cyclic esters (lactones) is 1. The maximum Gasteiger partial charge on any atom is 0.316 e. The van der Waals surface area contributed by atoms with Crippen molar-refractivity contribution in [2.24, 2.45) is 23.7 Å². The summed E-state index contributed by atoms with van der Waals surface area (Å²) in [5.41, 5.74) is -4.84. The Hall–Kier alpha value is -2.54. The van der Waals surface area contributed by atoms with Crippen LogP contribution < -0.4 is 0 Å². The molecule has 20 nitrogen and oxygen atoms in total. The largest absolute Gasteiger partial charge is 0.481 e. The zero-order valence-electron chi connectivity index (χ0n) is 40.4. The van der Waals surface area contributed by atoms with E-state index >= 15 is 0 Å². The maximum atomic E-state index is 14.1. The molecule has 3 saturated heterocycles. The van der Waals surface area contributed by atoms with Gasteiger partial charge in [-0.25, -0.2) is 0 Å². The van der Waals surface area contributed by atoms with Crippen molar-refractivity contribution in [1.82, 2.24) is 4.90 Å². The molecule has 0 aliphatic carbocycles. The van der Waals surface area contributed by atoms with Gasteiger partial charge in [0.25, 0.3) is 0 Å². The molecule has 0 saturated carbocycles. The van der Waals surface area contributed by atoms with Crippen LogP contribution in [0.25, 0.3) is 0 Å². The van der Waals surface area contributed by atoms with Crippen LogP contribution >= 0.6 is 12.6 Å². The van der Waals surface area contributed by atoms with Gasteiger partial charge in [0.15, 0.2) is 12.6 Å². The highest BCUT2D eigenvalue weighted by atomic mass is 32.1. The number of thiol groups is 1. The first-order valence-corrected chi connectivity index (χ1v) is 22.7. The average molecular weight is 958 g/mol. The first-order chi connectivity index (χ1) is 29.7. The van der Waals surface area contributed by atoms with Crippen LogP contribution in [0.3, 0.4) is 0 Å². The molecular weight excluding hydrogens is 879 g/mol. The van der Waals surface area contributed by atoms with Crippen molar-refractivity contribution in [3.63, 3.8) is 0 Å². The molecule has 3 heterocycles. The zero-order chi connectivity index (χ0) is 50.7. The van der Waals surface area contributed by atoms with E-state index in [1.54, 1.807) is 48.5 Å². The summed E-state index contributed by atoms with van der Waals surface area (Å²) >= 11 is 3.48. The smallest absolute Gasteiger partial charge is 0.316 e. The quantitative estimate of drug-likeness (QED) is 0.106. The Morgan fingerprint density at radius 2 is 1.42 bits per heavy atom. The molecule has 0 aromatic carbocycles. The van der Waals surface area contributed by atoms with Crippen molar-refractivity contribution < 1.29 is 93.2 Å². The Morgan fingerprint density at radius 1 is 0.862 bits per heavy atom. The molecule has 8 N–H and O–H groups in total. The minimum absolute atomic E-state index is 0.0936. The number of rotatable bonds is 11. The van der Waals surface area contributed by atoms with Gasteiger partial charge in [0.2, 0.25) is 0 Å². The first kappa shape index (κ1) is 60.5. The highest BCUT2D eigenvalue weighted by Crippen LogP contribution is 2.41. The monoisotopic (exact) mass is 957 g/mol. The first-order valence-electron chi connectivity index (χ1n) is 22.1. The normalized spacial score (nSPS) is 41.3. The van der Waals surface area contributed by atoms with Crippen molar-refractivity contribution >= 4 is 42.3 Å². The van der Waals surface area contributed by atoms with Gasteiger partial charge in [0.05, 0.1) is 54.1 Å². The predicted octanol–water partition coefficient (Wildman–Crippen LogP) is 2.11. The standard InChI is InChI=1S/C37H67NO13.C4H6O4S.C3H6O2/c1-14-25-37(10,45)30(41)20(4)27(39)18(2)16-35(8,44)32(51-34-28(40)24(38(11)12)15-19(3)47-34)21(5)29(22(6)33(43)49-25)50-26-17-36(9,46-13)31(42)23(7)48-26;5-3(6)1-2(9)4(7)8;1-2-3(4)5/h18-26,28-32,34,40-42,44-45H,14-17H2,1-13H3;2,9H,1H2,(H,5,6)(H,7,8);2H2,1H3,(H,4,5)/t18-,19-,20+,21-,22-,23+,24+,25-,26+,28-,29+,30+,31+,32-,34+,35-,36-,37-;;/m1../s1. The number of carbonyl (C=O) groups excluding carboxylic acids is 2. The topological polar surface area (TPSA) is 306 Å². The highest BCUT2D eigenvalue weighted by Gasteiger charge is 2.53. The van der Waals surface area contributed by atoms with Gasteiger partial charge in [-0.15, -0.1) is 0 Å². The molecule has 19 atom stereocenters. The molecule has 0 aromatic heterocycles. The van der Waals surface area contributed by atoms with Crippen LogP contribution in [0.4, 0.5) is 0 Å². The third-order valence-electron chi connectivity index (χ3n) is 12.8. The molecule has 0 bridgehead atoms. The number of carboxylic acid groups (broad SMARTS) is 3. The number of carbonyl (C=O) groups is 5. The van der Waals surface area contributed by atoms with E-state index in [4.69, 9.17) is 43.7 Å². The van der Waals surface area contributed by atoms with Gasteiger partial charge < -0.3 is 74.2 Å². The van der Waals surface area contributed by atoms with Gasteiger partial charge in [-0.3, -0.25) is 24.0 Å². The molecular formula is C44H79NO19S. The lowest BCUT2D eigenvalue weighted by atomic mass is 9.74. The molecule has 0 amide bonds. The summed E-state index contributed by atoms with van der Waals surface area (Å²) in [6.07, 6.45) is -9.93. The van der Waals surface area contributed by atoms with Crippen molar-refractivity contribution in [1.29, 1.82) is 0 Å². The fraction of sp³-hybridized carbons (Fsp3) is 0.886. The summed E-state index contributed by atoms with van der Waals surface area (Å²) < 4.78 is 37.1. The van der Waals surface area contributed by atoms with Gasteiger partial charge >= 0.3 is 23.9 Å². The second-order valence-corrected chi connectivity index (χ2v) is 19.3. The Morgan fingerprint density at radius 3 is 1.86 bits per heavy atom. The molecule has 65 heavy (non-hydrogen) atoms. The van der Waals surface area contributed by atoms with Crippen LogP contribution in [0.2, 0.25) is 0 Å². The van der Waals surface area contributed by atoms with Crippen molar-refractivity contribution in [3.05, 3.63) is 0 Å². The number of methoxy groups -OCH3 is 1. The van der Waals surface area contributed by atoms with E-state index in [0.29, 0.717) is 6.42 Å². The van der Waals surface area contributed by atoms with E-state index in [1.807, 2.05) is 25.9 Å². The van der Waals surface area contributed by atoms with Crippen LogP contribution in [0.15, 0.2) is 0 Å². The third-order valence-corrected chi connectivity index (χ3v) is 13.2. The number of esters is 1. The lowest BCUT2D eigenvalue weighted by Gasteiger charge is -2.49. The van der Waals surface area contributed by atoms with Crippen LogP contribution in [-0.2, 0) is 52.4 Å². The summed E-state index contributed by atoms with van der Waals surface area (Å²) in [6.45, 7) is 17.9. The number of ether oxygens (including phenoxy) is 6. The second-order valence-electron chi connectivity index (χ2n) is 18.7. The molecule has 3 aliphatic heterocycles. The van der Waals surface area contributed by atoms with Crippen LogP contribution in [0, 0.1) is 23.7 Å². The lowest BCUT2D eigenvalue weighted by Crippen LogP contribution is -2.61. The average Bonchev–Trinajstić information content (AvgIpc) is 3.21. The number of aliphatic carboxylic acids is 3. The number of hydrogen-bond acceptors (Lipinski definition) is 18. The van der Waals surface area contributed by atoms with Gasteiger partial charge in [0.1, 0.15) is 34.9 Å². The summed E-state index contributed by atoms with van der Waals surface area (Å²) in [7, 11) is 5.18. The molecule has 3 rings (SSSR count). The van der Waals surface area contributed by atoms with Crippen LogP contribution in [-0.4, -0.2) is 186 Å². The number of nitrogens with zero attached hydrogens (tertiary/aromatic N) is 1. The summed E-state index contributed by atoms with van der Waals surface area (Å²) in [5, 5.41) is 80.3. The second kappa shape index (κ2) is 25.7. The number of aliphatic hydroxyl groups is 5. The Bertz CT molecular complexity index is 1550. The SMILES string of the molecule is CCC(=O)O.CC[C@H]1OC(=O)[C@H](C)[C@@H](O[C@H]2C[C@@](C)(OC)[C@@H](O)[C@H](C)O2)[C@@H](C)[C@@H](O[C@@H]2O[C@H](C)C[C@H](N(C)C)[C@H]2O)[C@](C)(O)C[C@@H](C)C(=O)[C@H](C)[C@H](O)[C@]1(C)O.O=C(O)CC(S)C(=O)O. The van der Waals surface area contributed by atoms with E-state index in [2.05, 4.69) is 12.6 Å². The van der Waals surface area contributed by atoms with Crippen molar-refractivity contribution in [2.75, 3.05) is 21.2 Å². The molecule has 0 aromatic rings. The van der Waals surface area contributed by atoms with E-state index in [-0.39, 0.29) is 37.8 Å². The van der Waals surface area contributed by atoms with Gasteiger partial charge in [-0.05, 0) is 74.9 Å². The number of hydrogen-bond donors (Lipinski definition) is 9. The third kappa shape index (κ3) is 16.6. The maximum absolute atomic E-state index is 14.1. The summed E-state index contributed by atoms with van der Waals surface area (Å²) in [4.78, 5) is 58.8. The van der Waals surface area contributed by atoms with Gasteiger partial charge in [-0.1, -0.05) is 34.6 Å². The van der Waals surface area contributed by atoms with E-state index in [1.165, 1.54) is 27.9 Å². The predicted molar refractivity (Wildman–Crippen MR) is 237 cm³/mol. The van der Waals surface area contributed by atoms with E-state index in [0.717, 1.165) is 0 Å². The molecule has 3 fully saturated rings. The molecule has 1 unspecified atom stereocenters. The number of ketones is 1. The number of Topliss-reactive ketones (excluding diaryl/α,β-unsaturated/α-hetero) is 1. The van der Waals surface area contributed by atoms with E-state index < -0.39 is 137 Å². The molecule has 0 radical (unpaired) electrons. The number of carboxylic acids is 3. The Balaban J connectivity index is 0.00000130. The summed E-state index contributed by atoms with van der Waals surface area (Å²) in [5.74, 6) is -8.08. The van der Waals surface area contributed by atoms with Crippen molar-refractivity contribution in [3.8, 4) is 0 Å². The zero-order valence-corrected chi connectivity index (χ0v) is 41.3. The minimum atomic E-state index is -1.99. The lowest BCUT2D eigenvalue weighted by molar-refractivity contribution is -0.318. The minimum Gasteiger partial charge on any atom is -0.481 e. The highest BCUT2D eigenvalue weighted by molar-refractivity contribution is 7.81. The molecule has 0 spiro atoms. The molecule has 21 heteroatoms. The molecule has 3 aliphatic rings. The Labute approximate surface area is 388 Å². The van der Waals surface area contributed by atoms with Crippen LogP contribution in [0.1, 0.15) is 115 Å². The summed E-state index contributed by atoms with van der Waals surface area (Å²) in [6, 6.07) is -0.324. The Kier molecular flexibility index (Phi) is 23.9. The fourth-order valence-electron chi connectivity index (χ4n) is 8.66. The van der Waals surface area contributed by atoms with Crippen molar-refractivity contribution in [2.45, 2.75) is 204 Å². The van der Waals surface area contributed by atoms with E-state index in [9.17, 15) is 49.5 Å². The number of likely N-dealkylation sites (N-methyl/N-ethyl adjacent to an activating group) is 1. The van der Waals surface area contributed by atoms with Gasteiger partial charge in [0, 0.05) is 43.7 Å². The molecule has 380 valence electrons. The van der Waals surface area contributed by atoms with Gasteiger partial charge in [-0.2, -0.15) is 12.6 Å². The fourth-order valence-corrected chi connectivity index (χ4v) is 8.82. The van der Waals surface area contributed by atoms with Crippen LogP contribution in [0.5, 0.6) is 0 Å². The number of aliphatic hydroxyl groups excluding tert-OH is 3.